The van der Waals surface area contributed by atoms with Crippen LogP contribution in [0, 0.1) is 0 Å². The zero-order valence-electron chi connectivity index (χ0n) is 9.08. The number of aryl methyl sites for hydroxylation is 1. The van der Waals surface area contributed by atoms with Crippen LogP contribution in [0.3, 0.4) is 0 Å². The maximum atomic E-state index is 4.71. The summed E-state index contributed by atoms with van der Waals surface area (Å²) in [5, 5.41) is 0. The molecule has 1 aliphatic heterocycles. The van der Waals surface area contributed by atoms with Gasteiger partial charge in [-0.05, 0) is 25.1 Å². The van der Waals surface area contributed by atoms with Gasteiger partial charge in [0.25, 0.3) is 0 Å². The molecule has 2 nitrogen and oxygen atoms in total. The Morgan fingerprint density at radius 3 is 3.07 bits per heavy atom. The average molecular weight is 190 g/mol. The van der Waals surface area contributed by atoms with Crippen LogP contribution >= 0.6 is 0 Å². The van der Waals surface area contributed by atoms with Gasteiger partial charge in [0.15, 0.2) is 0 Å². The van der Waals surface area contributed by atoms with Crippen LogP contribution in [0.5, 0.6) is 0 Å². The van der Waals surface area contributed by atoms with Gasteiger partial charge in [0, 0.05) is 30.9 Å². The smallest absolute Gasteiger partial charge is 0.0464 e. The molecule has 1 aromatic heterocycles. The number of aromatic nitrogens is 1. The summed E-state index contributed by atoms with van der Waals surface area (Å²) >= 11 is 0. The van der Waals surface area contributed by atoms with Gasteiger partial charge in [-0.15, -0.1) is 0 Å². The van der Waals surface area contributed by atoms with Crippen molar-refractivity contribution in [2.45, 2.75) is 32.7 Å². The number of hydrogen-bond donors (Lipinski definition) is 0. The zero-order valence-corrected chi connectivity index (χ0v) is 9.08. The lowest BCUT2D eigenvalue weighted by molar-refractivity contribution is 0.309. The summed E-state index contributed by atoms with van der Waals surface area (Å²) in [5.74, 6) is 0. The van der Waals surface area contributed by atoms with Crippen molar-refractivity contribution in [2.75, 3.05) is 13.6 Å². The minimum absolute atomic E-state index is 1.06. The predicted octanol–water partition coefficient (Wildman–Crippen LogP) is 2.02. The Bertz CT molecular complexity index is 320. The topological polar surface area (TPSA) is 16.1 Å². The van der Waals surface area contributed by atoms with Crippen molar-refractivity contribution >= 4 is 0 Å². The molecule has 0 bridgehead atoms. The molecule has 2 heteroatoms. The van der Waals surface area contributed by atoms with Gasteiger partial charge < -0.3 is 4.90 Å². The van der Waals surface area contributed by atoms with Crippen LogP contribution in [-0.2, 0) is 19.4 Å². The van der Waals surface area contributed by atoms with Crippen molar-refractivity contribution in [2.24, 2.45) is 0 Å². The quantitative estimate of drug-likeness (QED) is 0.709. The molecule has 0 aromatic carbocycles. The SMILES string of the molecule is CCCc1ccc2c(n1)CCN(C)C2. The van der Waals surface area contributed by atoms with Gasteiger partial charge in [-0.2, -0.15) is 0 Å². The van der Waals surface area contributed by atoms with E-state index >= 15 is 0 Å². The fourth-order valence-corrected chi connectivity index (χ4v) is 2.00. The standard InChI is InChI=1S/C12H18N2/c1-3-4-11-6-5-10-9-14(2)8-7-12(10)13-11/h5-6H,3-4,7-9H2,1-2H3. The molecule has 2 rings (SSSR count). The van der Waals surface area contributed by atoms with E-state index in [2.05, 4.69) is 31.0 Å². The molecule has 0 spiro atoms. The van der Waals surface area contributed by atoms with E-state index in [-0.39, 0.29) is 0 Å². The maximum Gasteiger partial charge on any atom is 0.0464 e. The third-order valence-corrected chi connectivity index (χ3v) is 2.80. The van der Waals surface area contributed by atoms with Crippen LogP contribution in [-0.4, -0.2) is 23.5 Å². The lowest BCUT2D eigenvalue weighted by Crippen LogP contribution is -2.27. The molecule has 0 unspecified atom stereocenters. The summed E-state index contributed by atoms with van der Waals surface area (Å²) in [6, 6.07) is 4.44. The highest BCUT2D eigenvalue weighted by Gasteiger charge is 2.13. The van der Waals surface area contributed by atoms with Crippen molar-refractivity contribution in [3.63, 3.8) is 0 Å². The van der Waals surface area contributed by atoms with Crippen molar-refractivity contribution < 1.29 is 0 Å². The van der Waals surface area contributed by atoms with E-state index in [9.17, 15) is 0 Å². The molecule has 0 saturated heterocycles. The van der Waals surface area contributed by atoms with Gasteiger partial charge in [0.2, 0.25) is 0 Å². The molecular formula is C12H18N2. The molecule has 0 atom stereocenters. The van der Waals surface area contributed by atoms with Crippen LogP contribution in [0.1, 0.15) is 30.3 Å². The molecule has 0 aliphatic carbocycles. The van der Waals surface area contributed by atoms with E-state index in [0.717, 1.165) is 25.9 Å². The molecule has 0 fully saturated rings. The van der Waals surface area contributed by atoms with Gasteiger partial charge in [-0.3, -0.25) is 4.98 Å². The number of nitrogens with zero attached hydrogens (tertiary/aromatic N) is 2. The van der Waals surface area contributed by atoms with E-state index in [1.165, 1.54) is 23.4 Å². The Balaban J connectivity index is 2.22. The van der Waals surface area contributed by atoms with E-state index in [0.29, 0.717) is 0 Å². The highest BCUT2D eigenvalue weighted by Crippen LogP contribution is 2.16. The Kier molecular flexibility index (Phi) is 2.82. The number of hydrogen-bond acceptors (Lipinski definition) is 2. The number of pyridine rings is 1. The highest BCUT2D eigenvalue weighted by atomic mass is 15.1. The first-order valence-corrected chi connectivity index (χ1v) is 5.46. The first kappa shape index (κ1) is 9.66. The summed E-state index contributed by atoms with van der Waals surface area (Å²) in [4.78, 5) is 7.06. The average Bonchev–Trinajstić information content (AvgIpc) is 2.19. The monoisotopic (exact) mass is 190 g/mol. The number of rotatable bonds is 2. The molecule has 1 aliphatic rings. The summed E-state index contributed by atoms with van der Waals surface area (Å²) in [6.07, 6.45) is 3.41. The van der Waals surface area contributed by atoms with E-state index in [1.54, 1.807) is 0 Å². The molecular weight excluding hydrogens is 172 g/mol. The minimum Gasteiger partial charge on any atom is -0.302 e. The van der Waals surface area contributed by atoms with Crippen LogP contribution in [0.25, 0.3) is 0 Å². The second-order valence-corrected chi connectivity index (χ2v) is 4.15. The third-order valence-electron chi connectivity index (χ3n) is 2.80. The molecule has 0 saturated carbocycles. The normalized spacial score (nSPS) is 16.7. The lowest BCUT2D eigenvalue weighted by Gasteiger charge is -2.24. The Morgan fingerprint density at radius 1 is 1.43 bits per heavy atom. The van der Waals surface area contributed by atoms with Crippen molar-refractivity contribution in [1.82, 2.24) is 9.88 Å². The van der Waals surface area contributed by atoms with Gasteiger partial charge in [0.1, 0.15) is 0 Å². The molecule has 14 heavy (non-hydrogen) atoms. The van der Waals surface area contributed by atoms with Crippen molar-refractivity contribution in [3.8, 4) is 0 Å². The number of likely N-dealkylation sites (N-methyl/N-ethyl adjacent to an activating group) is 1. The Morgan fingerprint density at radius 2 is 2.29 bits per heavy atom. The van der Waals surface area contributed by atoms with E-state index < -0.39 is 0 Å². The van der Waals surface area contributed by atoms with Crippen molar-refractivity contribution in [1.29, 1.82) is 0 Å². The molecule has 0 N–H and O–H groups in total. The van der Waals surface area contributed by atoms with E-state index in [4.69, 9.17) is 4.98 Å². The minimum atomic E-state index is 1.06. The Labute approximate surface area is 86.0 Å². The summed E-state index contributed by atoms with van der Waals surface area (Å²) < 4.78 is 0. The molecule has 76 valence electrons. The summed E-state index contributed by atoms with van der Waals surface area (Å²) in [6.45, 7) is 4.42. The van der Waals surface area contributed by atoms with Crippen LogP contribution in [0.15, 0.2) is 12.1 Å². The van der Waals surface area contributed by atoms with Crippen molar-refractivity contribution in [3.05, 3.63) is 29.1 Å². The first-order valence-electron chi connectivity index (χ1n) is 5.46. The highest BCUT2D eigenvalue weighted by molar-refractivity contribution is 5.25. The largest absolute Gasteiger partial charge is 0.302 e. The predicted molar refractivity (Wildman–Crippen MR) is 58.3 cm³/mol. The third kappa shape index (κ3) is 1.95. The fourth-order valence-electron chi connectivity index (χ4n) is 2.00. The van der Waals surface area contributed by atoms with Crippen LogP contribution in [0.2, 0.25) is 0 Å². The lowest BCUT2D eigenvalue weighted by atomic mass is 10.0. The maximum absolute atomic E-state index is 4.71. The first-order chi connectivity index (χ1) is 6.79. The molecule has 0 radical (unpaired) electrons. The molecule has 2 heterocycles. The molecule has 0 amide bonds. The van der Waals surface area contributed by atoms with Gasteiger partial charge in [-0.1, -0.05) is 19.4 Å². The zero-order chi connectivity index (χ0) is 9.97. The summed E-state index contributed by atoms with van der Waals surface area (Å²) in [5.41, 5.74) is 4.00. The fraction of sp³-hybridized carbons (Fsp3) is 0.583. The van der Waals surface area contributed by atoms with Gasteiger partial charge in [-0.25, -0.2) is 0 Å². The van der Waals surface area contributed by atoms with E-state index in [1.807, 2.05) is 0 Å². The van der Waals surface area contributed by atoms with Crippen LogP contribution in [0.4, 0.5) is 0 Å². The molecule has 1 aromatic rings. The van der Waals surface area contributed by atoms with Gasteiger partial charge >= 0.3 is 0 Å². The summed E-state index contributed by atoms with van der Waals surface area (Å²) in [7, 11) is 2.17. The number of fused-ring (bicyclic) bond motifs is 1. The second kappa shape index (κ2) is 4.09. The second-order valence-electron chi connectivity index (χ2n) is 4.15. The van der Waals surface area contributed by atoms with Gasteiger partial charge in [0.05, 0.1) is 0 Å². The Hall–Kier alpha value is -0.890. The van der Waals surface area contributed by atoms with Crippen LogP contribution < -0.4 is 0 Å².